The topological polar surface area (TPSA) is 121 Å². The number of aromatic nitrogens is 3. The summed E-state index contributed by atoms with van der Waals surface area (Å²) in [4.78, 5) is 40.5. The van der Waals surface area contributed by atoms with Crippen molar-refractivity contribution in [1.29, 1.82) is 0 Å². The summed E-state index contributed by atoms with van der Waals surface area (Å²) in [7, 11) is 0. The fourth-order valence-corrected chi connectivity index (χ4v) is 4.91. The van der Waals surface area contributed by atoms with Crippen LogP contribution in [-0.2, 0) is 9.53 Å². The molecule has 1 aliphatic rings. The van der Waals surface area contributed by atoms with Crippen molar-refractivity contribution in [3.63, 3.8) is 0 Å². The van der Waals surface area contributed by atoms with E-state index in [4.69, 9.17) is 14.7 Å². The minimum Gasteiger partial charge on any atom is -0.378 e. The summed E-state index contributed by atoms with van der Waals surface area (Å²) in [6, 6.07) is 24.3. The Hall–Kier alpha value is -5.35. The lowest BCUT2D eigenvalue weighted by Crippen LogP contribution is -2.37. The number of carbonyl (C=O) groups is 2. The van der Waals surface area contributed by atoms with Crippen LogP contribution in [-0.4, -0.2) is 53.2 Å². The number of hydrogen-bond acceptors (Lipinski definition) is 7. The van der Waals surface area contributed by atoms with Gasteiger partial charge in [-0.05, 0) is 79.2 Å². The number of pyridine rings is 1. The SMILES string of the molecule is CC(=O)Nc1ccc(NC(=O)Nc2ccc(-c3nc(N4CCOCC4)c4ccc(-c5ccc(C)nc5)cc4n3)cc2)cc1. The van der Waals surface area contributed by atoms with Gasteiger partial charge in [0.25, 0.3) is 0 Å². The lowest BCUT2D eigenvalue weighted by atomic mass is 10.0. The molecule has 6 rings (SSSR count). The third-order valence-corrected chi connectivity index (χ3v) is 7.10. The third-order valence-electron chi connectivity index (χ3n) is 7.10. The average Bonchev–Trinajstić information content (AvgIpc) is 3.02. The van der Waals surface area contributed by atoms with Gasteiger partial charge in [-0.1, -0.05) is 12.1 Å². The Labute approximate surface area is 249 Å². The van der Waals surface area contributed by atoms with Gasteiger partial charge in [-0.3, -0.25) is 9.78 Å². The number of ether oxygens (including phenoxy) is 1. The van der Waals surface area contributed by atoms with Crippen LogP contribution in [0.25, 0.3) is 33.4 Å². The van der Waals surface area contributed by atoms with Crippen LogP contribution in [0.3, 0.4) is 0 Å². The van der Waals surface area contributed by atoms with Crippen LogP contribution >= 0.6 is 0 Å². The van der Waals surface area contributed by atoms with E-state index in [9.17, 15) is 9.59 Å². The molecule has 0 unspecified atom stereocenters. The molecule has 0 saturated carbocycles. The second kappa shape index (κ2) is 12.3. The minimum absolute atomic E-state index is 0.155. The smallest absolute Gasteiger partial charge is 0.323 e. The van der Waals surface area contributed by atoms with Gasteiger partial charge in [0, 0.05) is 65.5 Å². The molecule has 0 aliphatic carbocycles. The maximum atomic E-state index is 12.6. The van der Waals surface area contributed by atoms with Gasteiger partial charge in [-0.2, -0.15) is 0 Å². The minimum atomic E-state index is -0.380. The van der Waals surface area contributed by atoms with E-state index in [2.05, 4.69) is 50.1 Å². The molecule has 0 radical (unpaired) electrons. The van der Waals surface area contributed by atoms with E-state index in [1.165, 1.54) is 6.92 Å². The fraction of sp³-hybridized carbons (Fsp3) is 0.182. The average molecular weight is 574 g/mol. The highest BCUT2D eigenvalue weighted by Gasteiger charge is 2.19. The van der Waals surface area contributed by atoms with E-state index in [1.807, 2.05) is 43.5 Å². The molecular weight excluding hydrogens is 542 g/mol. The van der Waals surface area contributed by atoms with Crippen molar-refractivity contribution in [2.24, 2.45) is 0 Å². The van der Waals surface area contributed by atoms with E-state index in [-0.39, 0.29) is 11.9 Å². The second-order valence-corrected chi connectivity index (χ2v) is 10.3. The van der Waals surface area contributed by atoms with Crippen molar-refractivity contribution in [1.82, 2.24) is 15.0 Å². The summed E-state index contributed by atoms with van der Waals surface area (Å²) in [5.74, 6) is 1.32. The van der Waals surface area contributed by atoms with Crippen LogP contribution in [0, 0.1) is 6.92 Å². The van der Waals surface area contributed by atoms with Gasteiger partial charge < -0.3 is 25.6 Å². The van der Waals surface area contributed by atoms with Crippen molar-refractivity contribution in [3.8, 4) is 22.5 Å². The molecule has 3 N–H and O–H groups in total. The summed E-state index contributed by atoms with van der Waals surface area (Å²) in [6.07, 6.45) is 1.88. The molecule has 43 heavy (non-hydrogen) atoms. The molecule has 10 nitrogen and oxygen atoms in total. The predicted octanol–water partition coefficient (Wildman–Crippen LogP) is 6.11. The molecule has 1 fully saturated rings. The molecule has 3 heterocycles. The number of carbonyl (C=O) groups excluding carboxylic acids is 2. The standard InChI is InChI=1S/C33H31N7O3/c1-21-3-4-25(20-34-21)24-7-14-29-30(19-24)38-31(39-32(29)40-15-17-43-18-16-40)23-5-8-27(9-6-23)36-33(42)37-28-12-10-26(11-13-28)35-22(2)41/h3-14,19-20H,15-18H2,1-2H3,(H,35,41)(H2,36,37,42). The van der Waals surface area contributed by atoms with Crippen LogP contribution in [0.5, 0.6) is 0 Å². The van der Waals surface area contributed by atoms with Gasteiger partial charge >= 0.3 is 6.03 Å². The van der Waals surface area contributed by atoms with Crippen LogP contribution in [0.1, 0.15) is 12.6 Å². The van der Waals surface area contributed by atoms with E-state index in [0.717, 1.165) is 52.2 Å². The Bertz CT molecular complexity index is 1770. The van der Waals surface area contributed by atoms with Crippen LogP contribution in [0.4, 0.5) is 27.7 Å². The lowest BCUT2D eigenvalue weighted by Gasteiger charge is -2.29. The Kier molecular flexibility index (Phi) is 7.92. The summed E-state index contributed by atoms with van der Waals surface area (Å²) < 4.78 is 5.59. The first-order valence-electron chi connectivity index (χ1n) is 14.0. The van der Waals surface area contributed by atoms with Crippen LogP contribution in [0.2, 0.25) is 0 Å². The monoisotopic (exact) mass is 573 g/mol. The first kappa shape index (κ1) is 27.8. The summed E-state index contributed by atoms with van der Waals surface area (Å²) in [6.45, 7) is 6.22. The van der Waals surface area contributed by atoms with Gasteiger partial charge in [-0.15, -0.1) is 0 Å². The van der Waals surface area contributed by atoms with Crippen molar-refractivity contribution >= 4 is 45.7 Å². The highest BCUT2D eigenvalue weighted by Crippen LogP contribution is 2.32. The molecule has 0 bridgehead atoms. The zero-order valence-corrected chi connectivity index (χ0v) is 23.9. The number of hydrogen-bond donors (Lipinski definition) is 3. The number of aryl methyl sites for hydroxylation is 1. The first-order valence-corrected chi connectivity index (χ1v) is 14.0. The zero-order chi connectivity index (χ0) is 29.8. The molecule has 5 aromatic rings. The van der Waals surface area contributed by atoms with E-state index < -0.39 is 0 Å². The number of nitrogens with zero attached hydrogens (tertiary/aromatic N) is 4. The molecule has 1 aliphatic heterocycles. The van der Waals surface area contributed by atoms with Crippen molar-refractivity contribution in [3.05, 3.63) is 90.8 Å². The van der Waals surface area contributed by atoms with Gasteiger partial charge in [0.15, 0.2) is 5.82 Å². The normalized spacial score (nSPS) is 13.0. The van der Waals surface area contributed by atoms with Crippen molar-refractivity contribution in [2.45, 2.75) is 13.8 Å². The fourth-order valence-electron chi connectivity index (χ4n) is 4.91. The van der Waals surface area contributed by atoms with Crippen molar-refractivity contribution < 1.29 is 14.3 Å². The number of benzene rings is 3. The first-order chi connectivity index (χ1) is 20.9. The maximum absolute atomic E-state index is 12.6. The van der Waals surface area contributed by atoms with Gasteiger partial charge in [0.1, 0.15) is 5.82 Å². The van der Waals surface area contributed by atoms with Gasteiger partial charge in [-0.25, -0.2) is 14.8 Å². The molecule has 3 aromatic carbocycles. The molecule has 10 heteroatoms. The van der Waals surface area contributed by atoms with Crippen LogP contribution in [0.15, 0.2) is 85.1 Å². The molecule has 216 valence electrons. The van der Waals surface area contributed by atoms with E-state index >= 15 is 0 Å². The number of urea groups is 1. The molecule has 0 atom stereocenters. The van der Waals surface area contributed by atoms with Gasteiger partial charge in [0.2, 0.25) is 5.91 Å². The number of anilines is 4. The predicted molar refractivity (Wildman–Crippen MR) is 169 cm³/mol. The molecular formula is C33H31N7O3. The Morgan fingerprint density at radius 1 is 0.744 bits per heavy atom. The lowest BCUT2D eigenvalue weighted by molar-refractivity contribution is -0.114. The van der Waals surface area contributed by atoms with Crippen LogP contribution < -0.4 is 20.9 Å². The number of rotatable bonds is 6. The summed E-state index contributed by atoms with van der Waals surface area (Å²) in [5.41, 5.74) is 6.59. The second-order valence-electron chi connectivity index (χ2n) is 10.3. The van der Waals surface area contributed by atoms with Crippen molar-refractivity contribution in [2.75, 3.05) is 47.2 Å². The summed E-state index contributed by atoms with van der Waals surface area (Å²) in [5, 5.41) is 9.33. The Morgan fingerprint density at radius 3 is 1.98 bits per heavy atom. The van der Waals surface area contributed by atoms with Gasteiger partial charge in [0.05, 0.1) is 18.7 Å². The Morgan fingerprint density at radius 2 is 1.35 bits per heavy atom. The summed E-state index contributed by atoms with van der Waals surface area (Å²) >= 11 is 0. The van der Waals surface area contributed by atoms with E-state index in [1.54, 1.807) is 24.3 Å². The highest BCUT2D eigenvalue weighted by atomic mass is 16.5. The molecule has 2 aromatic heterocycles. The molecule has 3 amide bonds. The largest absolute Gasteiger partial charge is 0.378 e. The molecule has 1 saturated heterocycles. The molecule has 0 spiro atoms. The zero-order valence-electron chi connectivity index (χ0n) is 23.9. The Balaban J connectivity index is 1.24. The number of nitrogens with one attached hydrogen (secondary N) is 3. The highest BCUT2D eigenvalue weighted by molar-refractivity contribution is 6.00. The third kappa shape index (κ3) is 6.60. The maximum Gasteiger partial charge on any atom is 0.323 e. The van der Waals surface area contributed by atoms with E-state index in [0.29, 0.717) is 36.1 Å². The number of amides is 3. The quantitative estimate of drug-likeness (QED) is 0.224. The number of morpholine rings is 1. The number of fused-ring (bicyclic) bond motifs is 1.